The van der Waals surface area contributed by atoms with Gasteiger partial charge in [0.25, 0.3) is 5.56 Å². The van der Waals surface area contributed by atoms with Crippen LogP contribution in [0.1, 0.15) is 37.0 Å². The molecule has 1 fully saturated rings. The van der Waals surface area contributed by atoms with E-state index in [0.29, 0.717) is 19.4 Å². The Bertz CT molecular complexity index is 837. The number of fused-ring (bicyclic) bond motifs is 1. The lowest BCUT2D eigenvalue weighted by atomic mass is 9.88. The van der Waals surface area contributed by atoms with Crippen molar-refractivity contribution in [1.29, 1.82) is 0 Å². The van der Waals surface area contributed by atoms with Crippen LogP contribution in [-0.4, -0.2) is 46.1 Å². The Morgan fingerprint density at radius 3 is 2.88 bits per heavy atom. The summed E-state index contributed by atoms with van der Waals surface area (Å²) in [7, 11) is 1.24. The van der Waals surface area contributed by atoms with Crippen LogP contribution in [0.5, 0.6) is 0 Å². The molecule has 3 rings (SSSR count). The molecule has 2 N–H and O–H groups in total. The molecule has 0 bridgehead atoms. The highest BCUT2D eigenvalue weighted by Gasteiger charge is 2.33. The van der Waals surface area contributed by atoms with Gasteiger partial charge in [-0.1, -0.05) is 0 Å². The van der Waals surface area contributed by atoms with Crippen molar-refractivity contribution in [2.45, 2.75) is 32.3 Å². The number of nitrogens with zero attached hydrogens (tertiary/aromatic N) is 2. The fraction of sp³-hybridized carbons (Fsp3) is 0.500. The maximum atomic E-state index is 12.6. The zero-order valence-corrected chi connectivity index (χ0v) is 14.3. The second kappa shape index (κ2) is 6.32. The first kappa shape index (κ1) is 17.2. The third-order valence-corrected chi connectivity index (χ3v) is 4.27. The van der Waals surface area contributed by atoms with Gasteiger partial charge < -0.3 is 9.47 Å². The number of hydrogen-bond donors (Lipinski definition) is 2. The molecule has 0 aromatic rings. The van der Waals surface area contributed by atoms with Crippen molar-refractivity contribution in [2.75, 3.05) is 19.1 Å². The highest BCUT2D eigenvalue weighted by Crippen LogP contribution is 2.29. The number of hydrogen-bond acceptors (Lipinski definition) is 6. The predicted octanol–water partition coefficient (Wildman–Crippen LogP) is 0.738. The van der Waals surface area contributed by atoms with Gasteiger partial charge in [-0.3, -0.25) is 19.7 Å². The van der Waals surface area contributed by atoms with Crippen molar-refractivity contribution in [3.05, 3.63) is 28.3 Å². The van der Waals surface area contributed by atoms with Crippen LogP contribution >= 0.6 is 0 Å². The standard InChI is InChI=1S/C16H20N4O5/c1-16(2)6-9(4-5-25-16)13(21)19-20-7-10-12(17-18-14(10)22)11(8-20)15(23)24-3/h7-9H,4-6H2,1-3H3,(H,18,22)(H,19,21)/t9-/m0/s1. The number of rotatable bonds is 3. The number of aromatic nitrogens is 3. The van der Waals surface area contributed by atoms with Crippen LogP contribution in [0.15, 0.2) is 17.2 Å². The van der Waals surface area contributed by atoms with Gasteiger partial charge in [0.1, 0.15) is 11.3 Å². The van der Waals surface area contributed by atoms with Crippen molar-refractivity contribution >= 4 is 11.9 Å². The number of aromatic amines is 1. The summed E-state index contributed by atoms with van der Waals surface area (Å²) in [5.41, 5.74) is 2.38. The van der Waals surface area contributed by atoms with E-state index in [-0.39, 0.29) is 34.2 Å². The van der Waals surface area contributed by atoms with E-state index >= 15 is 0 Å². The number of ether oxygens (including phenoxy) is 2. The Labute approximate surface area is 143 Å². The molecule has 0 saturated carbocycles. The molecule has 0 aromatic heterocycles. The summed E-state index contributed by atoms with van der Waals surface area (Å²) in [6.45, 7) is 4.39. The Kier molecular flexibility index (Phi) is 4.34. The summed E-state index contributed by atoms with van der Waals surface area (Å²) in [6.07, 6.45) is 4.01. The quantitative estimate of drug-likeness (QED) is 0.791. The van der Waals surface area contributed by atoms with E-state index in [1.165, 1.54) is 24.2 Å². The van der Waals surface area contributed by atoms with E-state index in [9.17, 15) is 14.4 Å². The first-order valence-corrected chi connectivity index (χ1v) is 7.94. The highest BCUT2D eigenvalue weighted by molar-refractivity contribution is 5.96. The number of methoxy groups -OCH3 is 1. The van der Waals surface area contributed by atoms with Gasteiger partial charge in [0.2, 0.25) is 5.91 Å². The number of carbonyl (C=O) groups excluding carboxylic acids is 2. The van der Waals surface area contributed by atoms with Gasteiger partial charge >= 0.3 is 5.97 Å². The topological polar surface area (TPSA) is 115 Å². The normalized spacial score (nSPS) is 19.6. The summed E-state index contributed by atoms with van der Waals surface area (Å²) >= 11 is 0. The van der Waals surface area contributed by atoms with Gasteiger partial charge in [0.15, 0.2) is 0 Å². The Hall–Kier alpha value is -2.68. The minimum Gasteiger partial charge on any atom is -0.465 e. The summed E-state index contributed by atoms with van der Waals surface area (Å²) in [5, 5.41) is 6.13. The van der Waals surface area contributed by atoms with Gasteiger partial charge in [-0.2, -0.15) is 5.10 Å². The first-order chi connectivity index (χ1) is 11.8. The van der Waals surface area contributed by atoms with Crippen LogP contribution in [0.3, 0.4) is 0 Å². The monoisotopic (exact) mass is 348 g/mol. The SMILES string of the molecule is COC(=O)c1cn(NC(=O)[C@H]2CCOC(C)(C)C2)cc2c(=O)[nH]nc1-2. The number of H-pyrrole nitrogens is 1. The molecule has 134 valence electrons. The van der Waals surface area contributed by atoms with E-state index < -0.39 is 11.5 Å². The van der Waals surface area contributed by atoms with E-state index in [2.05, 4.69) is 15.6 Å². The molecule has 1 amide bonds. The van der Waals surface area contributed by atoms with E-state index in [4.69, 9.17) is 9.47 Å². The fourth-order valence-electron chi connectivity index (χ4n) is 3.03. The van der Waals surface area contributed by atoms with Gasteiger partial charge in [-0.25, -0.2) is 9.89 Å². The van der Waals surface area contributed by atoms with E-state index in [1.807, 2.05) is 13.8 Å². The molecule has 3 aliphatic heterocycles. The lowest BCUT2D eigenvalue weighted by Gasteiger charge is -2.34. The molecular weight excluding hydrogens is 328 g/mol. The number of amides is 1. The molecule has 0 radical (unpaired) electrons. The van der Waals surface area contributed by atoms with Crippen molar-refractivity contribution in [1.82, 2.24) is 14.9 Å². The molecule has 0 spiro atoms. The number of pyridine rings is 1. The second-order valence-electron chi connectivity index (χ2n) is 6.66. The zero-order valence-electron chi connectivity index (χ0n) is 14.3. The maximum Gasteiger partial charge on any atom is 0.341 e. The Morgan fingerprint density at radius 2 is 2.20 bits per heavy atom. The van der Waals surface area contributed by atoms with Crippen molar-refractivity contribution in [3.63, 3.8) is 0 Å². The number of carbonyl (C=O) groups is 2. The number of nitrogens with one attached hydrogen (secondary N) is 2. The Balaban J connectivity index is 1.89. The third-order valence-electron chi connectivity index (χ3n) is 4.27. The number of esters is 1. The van der Waals surface area contributed by atoms with Crippen molar-refractivity contribution in [3.8, 4) is 11.3 Å². The lowest BCUT2D eigenvalue weighted by molar-refractivity contribution is -0.131. The zero-order chi connectivity index (χ0) is 18.2. The fourth-order valence-corrected chi connectivity index (χ4v) is 3.03. The van der Waals surface area contributed by atoms with Crippen LogP contribution in [-0.2, 0) is 14.3 Å². The van der Waals surface area contributed by atoms with Gasteiger partial charge in [-0.05, 0) is 26.7 Å². The smallest absolute Gasteiger partial charge is 0.341 e. The van der Waals surface area contributed by atoms with Crippen molar-refractivity contribution < 1.29 is 19.1 Å². The molecule has 0 aromatic carbocycles. The average Bonchev–Trinajstić information content (AvgIpc) is 2.94. The molecule has 0 aliphatic carbocycles. The van der Waals surface area contributed by atoms with Gasteiger partial charge in [-0.15, -0.1) is 0 Å². The van der Waals surface area contributed by atoms with Gasteiger partial charge in [0.05, 0.1) is 18.3 Å². The van der Waals surface area contributed by atoms with Crippen LogP contribution in [0, 0.1) is 5.92 Å². The molecule has 1 saturated heterocycles. The molecule has 0 unspecified atom stereocenters. The van der Waals surface area contributed by atoms with E-state index in [1.54, 1.807) is 0 Å². The van der Waals surface area contributed by atoms with E-state index in [0.717, 1.165) is 0 Å². The Morgan fingerprint density at radius 1 is 1.44 bits per heavy atom. The molecular formula is C16H20N4O5. The molecule has 9 nitrogen and oxygen atoms in total. The maximum absolute atomic E-state index is 12.6. The summed E-state index contributed by atoms with van der Waals surface area (Å²) in [5.74, 6) is -1.07. The average molecular weight is 348 g/mol. The second-order valence-corrected chi connectivity index (χ2v) is 6.66. The molecule has 3 heterocycles. The largest absolute Gasteiger partial charge is 0.465 e. The van der Waals surface area contributed by atoms with Crippen LogP contribution in [0.2, 0.25) is 0 Å². The minimum atomic E-state index is -0.646. The van der Waals surface area contributed by atoms with Crippen LogP contribution in [0.4, 0.5) is 0 Å². The van der Waals surface area contributed by atoms with Crippen LogP contribution < -0.4 is 11.0 Å². The minimum absolute atomic E-state index is 0.0888. The molecule has 3 aliphatic rings. The molecule has 25 heavy (non-hydrogen) atoms. The van der Waals surface area contributed by atoms with Crippen LogP contribution in [0.25, 0.3) is 11.3 Å². The summed E-state index contributed by atoms with van der Waals surface area (Å²) < 4.78 is 11.6. The summed E-state index contributed by atoms with van der Waals surface area (Å²) in [4.78, 5) is 36.4. The van der Waals surface area contributed by atoms with Crippen molar-refractivity contribution in [2.24, 2.45) is 5.92 Å². The lowest BCUT2D eigenvalue weighted by Crippen LogP contribution is -2.40. The predicted molar refractivity (Wildman–Crippen MR) is 87.9 cm³/mol. The molecule has 1 atom stereocenters. The van der Waals surface area contributed by atoms with Gasteiger partial charge in [0, 0.05) is 24.9 Å². The summed E-state index contributed by atoms with van der Waals surface area (Å²) in [6, 6.07) is 0. The third kappa shape index (κ3) is 3.41. The first-order valence-electron chi connectivity index (χ1n) is 7.94. The molecule has 9 heteroatoms. The highest BCUT2D eigenvalue weighted by atomic mass is 16.5.